The van der Waals surface area contributed by atoms with Crippen molar-refractivity contribution in [2.45, 2.75) is 31.8 Å². The second kappa shape index (κ2) is 2.48. The lowest BCUT2D eigenvalue weighted by atomic mass is 9.55. The summed E-state index contributed by atoms with van der Waals surface area (Å²) in [6.07, 6.45) is 3.85. The maximum atomic E-state index is 9.36. The summed E-state index contributed by atoms with van der Waals surface area (Å²) >= 11 is 0. The van der Waals surface area contributed by atoms with Crippen molar-refractivity contribution in [2.24, 2.45) is 23.7 Å². The second-order valence-electron chi connectivity index (χ2n) is 5.28. The minimum atomic E-state index is 0.180. The van der Waals surface area contributed by atoms with E-state index in [-0.39, 0.29) is 5.60 Å². The summed E-state index contributed by atoms with van der Waals surface area (Å²) in [6, 6.07) is 0. The van der Waals surface area contributed by atoms with E-state index in [0.29, 0.717) is 18.4 Å². The SMILES string of the molecule is C[C@]12C[C@@H]3CC[C@H]1[C@H](CO2)[C@H]3CO. The molecule has 0 aromatic heterocycles. The van der Waals surface area contributed by atoms with Gasteiger partial charge in [0.05, 0.1) is 12.2 Å². The van der Waals surface area contributed by atoms with Gasteiger partial charge in [0.15, 0.2) is 0 Å². The minimum Gasteiger partial charge on any atom is -0.396 e. The third-order valence-corrected chi connectivity index (χ3v) is 4.79. The van der Waals surface area contributed by atoms with Crippen LogP contribution in [0.1, 0.15) is 26.2 Å². The number of rotatable bonds is 1. The molecule has 5 atom stereocenters. The largest absolute Gasteiger partial charge is 0.396 e. The fraction of sp³-hybridized carbons (Fsp3) is 1.00. The molecular weight excluding hydrogens is 164 g/mol. The Kier molecular flexibility index (Phi) is 1.58. The molecule has 4 fully saturated rings. The van der Waals surface area contributed by atoms with Crippen molar-refractivity contribution in [2.75, 3.05) is 13.2 Å². The van der Waals surface area contributed by atoms with Gasteiger partial charge in [-0.2, -0.15) is 0 Å². The average Bonchev–Trinajstić information content (AvgIpc) is 2.40. The molecule has 4 bridgehead atoms. The van der Waals surface area contributed by atoms with E-state index < -0.39 is 0 Å². The molecule has 3 aliphatic carbocycles. The maximum Gasteiger partial charge on any atom is 0.0689 e. The second-order valence-corrected chi connectivity index (χ2v) is 5.28. The molecule has 1 N–H and O–H groups in total. The molecule has 1 saturated heterocycles. The number of aliphatic hydroxyl groups is 1. The summed E-state index contributed by atoms with van der Waals surface area (Å²) in [4.78, 5) is 0. The summed E-state index contributed by atoms with van der Waals surface area (Å²) in [5, 5.41) is 9.36. The molecule has 0 radical (unpaired) electrons. The van der Waals surface area contributed by atoms with Gasteiger partial charge in [-0.1, -0.05) is 0 Å². The predicted molar refractivity (Wildman–Crippen MR) is 49.3 cm³/mol. The van der Waals surface area contributed by atoms with Crippen molar-refractivity contribution < 1.29 is 9.84 Å². The highest BCUT2D eigenvalue weighted by atomic mass is 16.5. The van der Waals surface area contributed by atoms with Gasteiger partial charge < -0.3 is 9.84 Å². The number of aliphatic hydroxyl groups excluding tert-OH is 1. The standard InChI is InChI=1S/C11H18O2/c1-11-4-7-2-3-10(11)9(6-13-11)8(7)5-12/h7-10,12H,2-6H2,1H3/t7-,8-,9+,10-,11-/m0/s1. The molecule has 0 aromatic carbocycles. The van der Waals surface area contributed by atoms with Crippen molar-refractivity contribution in [3.05, 3.63) is 0 Å². The Balaban J connectivity index is 1.95. The van der Waals surface area contributed by atoms with Crippen molar-refractivity contribution >= 4 is 0 Å². The summed E-state index contributed by atoms with van der Waals surface area (Å²) in [5.74, 6) is 2.71. The maximum absolute atomic E-state index is 9.36. The van der Waals surface area contributed by atoms with Gasteiger partial charge in [-0.25, -0.2) is 0 Å². The Labute approximate surface area is 79.3 Å². The Hall–Kier alpha value is -0.0800. The highest BCUT2D eigenvalue weighted by molar-refractivity contribution is 5.07. The molecule has 4 rings (SSSR count). The summed E-state index contributed by atoms with van der Waals surface area (Å²) in [5.41, 5.74) is 0.180. The van der Waals surface area contributed by atoms with E-state index >= 15 is 0 Å². The molecule has 2 nitrogen and oxygen atoms in total. The van der Waals surface area contributed by atoms with Crippen LogP contribution < -0.4 is 0 Å². The van der Waals surface area contributed by atoms with E-state index in [1.807, 2.05) is 0 Å². The van der Waals surface area contributed by atoms with Crippen LogP contribution in [0.4, 0.5) is 0 Å². The van der Waals surface area contributed by atoms with Gasteiger partial charge in [0.1, 0.15) is 0 Å². The van der Waals surface area contributed by atoms with E-state index in [1.165, 1.54) is 19.3 Å². The van der Waals surface area contributed by atoms with E-state index in [0.717, 1.165) is 18.4 Å². The quantitative estimate of drug-likeness (QED) is 0.664. The zero-order valence-corrected chi connectivity index (χ0v) is 8.20. The molecule has 74 valence electrons. The summed E-state index contributed by atoms with van der Waals surface area (Å²) in [6.45, 7) is 3.56. The topological polar surface area (TPSA) is 29.5 Å². The molecular formula is C11H18O2. The molecule has 4 aliphatic rings. The van der Waals surface area contributed by atoms with Gasteiger partial charge in [-0.05, 0) is 49.9 Å². The Morgan fingerprint density at radius 2 is 2.31 bits per heavy atom. The lowest BCUT2D eigenvalue weighted by Gasteiger charge is -2.50. The van der Waals surface area contributed by atoms with Crippen molar-refractivity contribution in [3.63, 3.8) is 0 Å². The zero-order chi connectivity index (χ0) is 9.05. The Morgan fingerprint density at radius 1 is 1.46 bits per heavy atom. The van der Waals surface area contributed by atoms with Crippen LogP contribution in [0.5, 0.6) is 0 Å². The third-order valence-electron chi connectivity index (χ3n) is 4.79. The Bertz CT molecular complexity index is 228. The minimum absolute atomic E-state index is 0.180. The lowest BCUT2D eigenvalue weighted by Crippen LogP contribution is -2.50. The van der Waals surface area contributed by atoms with Gasteiger partial charge in [0.25, 0.3) is 0 Å². The first kappa shape index (κ1) is 8.25. The van der Waals surface area contributed by atoms with Crippen LogP contribution in [-0.4, -0.2) is 23.9 Å². The zero-order valence-electron chi connectivity index (χ0n) is 8.20. The highest BCUT2D eigenvalue weighted by Crippen LogP contribution is 2.58. The highest BCUT2D eigenvalue weighted by Gasteiger charge is 2.58. The first-order valence-electron chi connectivity index (χ1n) is 5.49. The van der Waals surface area contributed by atoms with Gasteiger partial charge in [-0.3, -0.25) is 0 Å². The van der Waals surface area contributed by atoms with E-state index in [4.69, 9.17) is 4.74 Å². The molecule has 13 heavy (non-hydrogen) atoms. The predicted octanol–water partition coefficient (Wildman–Crippen LogP) is 1.43. The number of fused-ring (bicyclic) bond motifs is 1. The van der Waals surface area contributed by atoms with Crippen LogP contribution in [0, 0.1) is 23.7 Å². The van der Waals surface area contributed by atoms with Crippen LogP contribution in [0.2, 0.25) is 0 Å². The third kappa shape index (κ3) is 0.909. The van der Waals surface area contributed by atoms with Gasteiger partial charge in [-0.15, -0.1) is 0 Å². The fourth-order valence-corrected chi connectivity index (χ4v) is 4.13. The number of ether oxygens (including phenoxy) is 1. The smallest absolute Gasteiger partial charge is 0.0689 e. The summed E-state index contributed by atoms with van der Waals surface area (Å²) in [7, 11) is 0. The van der Waals surface area contributed by atoms with Gasteiger partial charge in [0, 0.05) is 6.61 Å². The van der Waals surface area contributed by atoms with Crippen LogP contribution in [0.15, 0.2) is 0 Å². The van der Waals surface area contributed by atoms with Gasteiger partial charge >= 0.3 is 0 Å². The van der Waals surface area contributed by atoms with E-state index in [2.05, 4.69) is 6.92 Å². The molecule has 1 heterocycles. The fourth-order valence-electron chi connectivity index (χ4n) is 4.13. The van der Waals surface area contributed by atoms with Crippen LogP contribution in [0.3, 0.4) is 0 Å². The molecule has 0 amide bonds. The van der Waals surface area contributed by atoms with E-state index in [1.54, 1.807) is 0 Å². The summed E-state index contributed by atoms with van der Waals surface area (Å²) < 4.78 is 5.92. The molecule has 0 spiro atoms. The number of hydrogen-bond acceptors (Lipinski definition) is 2. The molecule has 2 heteroatoms. The first-order valence-corrected chi connectivity index (χ1v) is 5.49. The Morgan fingerprint density at radius 3 is 3.08 bits per heavy atom. The van der Waals surface area contributed by atoms with Crippen LogP contribution >= 0.6 is 0 Å². The van der Waals surface area contributed by atoms with Crippen molar-refractivity contribution in [1.82, 2.24) is 0 Å². The van der Waals surface area contributed by atoms with E-state index in [9.17, 15) is 5.11 Å². The average molecular weight is 182 g/mol. The normalized spacial score (nSPS) is 58.6. The lowest BCUT2D eigenvalue weighted by molar-refractivity contribution is -0.0806. The number of hydrogen-bond donors (Lipinski definition) is 1. The molecule has 3 saturated carbocycles. The van der Waals surface area contributed by atoms with Crippen LogP contribution in [-0.2, 0) is 4.74 Å². The van der Waals surface area contributed by atoms with Gasteiger partial charge in [0.2, 0.25) is 0 Å². The van der Waals surface area contributed by atoms with Crippen molar-refractivity contribution in [1.29, 1.82) is 0 Å². The van der Waals surface area contributed by atoms with Crippen LogP contribution in [0.25, 0.3) is 0 Å². The van der Waals surface area contributed by atoms with Crippen molar-refractivity contribution in [3.8, 4) is 0 Å². The monoisotopic (exact) mass is 182 g/mol. The molecule has 0 aromatic rings. The molecule has 0 unspecified atom stereocenters. The first-order chi connectivity index (χ1) is 6.24. The molecule has 1 aliphatic heterocycles.